The molecule has 0 unspecified atom stereocenters. The monoisotopic (exact) mass is 372 g/mol. The maximum Gasteiger partial charge on any atom is 0.339 e. The summed E-state index contributed by atoms with van der Waals surface area (Å²) in [6.45, 7) is 0. The number of ether oxygens (including phenoxy) is 1. The van der Waals surface area contributed by atoms with Crippen LogP contribution >= 0.6 is 0 Å². The van der Waals surface area contributed by atoms with Crippen LogP contribution < -0.4 is 5.32 Å². The van der Waals surface area contributed by atoms with Crippen LogP contribution in [-0.4, -0.2) is 33.9 Å². The zero-order valence-corrected chi connectivity index (χ0v) is 15.0. The highest BCUT2D eigenvalue weighted by molar-refractivity contribution is 6.03. The predicted molar refractivity (Wildman–Crippen MR) is 105 cm³/mol. The first-order valence-corrected chi connectivity index (χ1v) is 8.55. The van der Waals surface area contributed by atoms with Crippen molar-refractivity contribution in [3.8, 4) is 11.4 Å². The Morgan fingerprint density at radius 3 is 2.46 bits per heavy atom. The summed E-state index contributed by atoms with van der Waals surface area (Å²) in [4.78, 5) is 35.6. The molecule has 0 saturated heterocycles. The number of aromatic amines is 1. The van der Waals surface area contributed by atoms with Gasteiger partial charge in [-0.2, -0.15) is 0 Å². The van der Waals surface area contributed by atoms with Crippen molar-refractivity contribution in [2.75, 3.05) is 12.4 Å². The second kappa shape index (κ2) is 7.32. The first-order valence-electron chi connectivity index (χ1n) is 8.55. The zero-order valence-electron chi connectivity index (χ0n) is 15.0. The van der Waals surface area contributed by atoms with Gasteiger partial charge in [0.05, 0.1) is 23.7 Å². The molecule has 1 amide bonds. The van der Waals surface area contributed by atoms with E-state index in [2.05, 4.69) is 25.0 Å². The number of fused-ring (bicyclic) bond motifs is 1. The minimum absolute atomic E-state index is 0.203. The van der Waals surface area contributed by atoms with E-state index >= 15 is 0 Å². The first-order chi connectivity index (χ1) is 13.6. The molecule has 0 aliphatic heterocycles. The molecule has 0 aliphatic carbocycles. The normalized spacial score (nSPS) is 10.6. The molecular weight excluding hydrogens is 356 g/mol. The van der Waals surface area contributed by atoms with Gasteiger partial charge in [0.2, 0.25) is 0 Å². The number of aromatic nitrogens is 3. The molecule has 4 aromatic rings. The molecule has 0 spiro atoms. The molecular formula is C21H16N4O3. The molecule has 2 aromatic heterocycles. The zero-order chi connectivity index (χ0) is 19.5. The van der Waals surface area contributed by atoms with E-state index in [9.17, 15) is 9.59 Å². The average molecular weight is 372 g/mol. The van der Waals surface area contributed by atoms with E-state index in [-0.39, 0.29) is 17.2 Å². The lowest BCUT2D eigenvalue weighted by molar-refractivity contribution is 0.0600. The van der Waals surface area contributed by atoms with Gasteiger partial charge in [-0.3, -0.25) is 9.78 Å². The second-order valence-corrected chi connectivity index (χ2v) is 6.06. The number of para-hydroxylation sites is 2. The van der Waals surface area contributed by atoms with Gasteiger partial charge in [-0.1, -0.05) is 12.1 Å². The molecule has 0 saturated carbocycles. The minimum Gasteiger partial charge on any atom is -0.465 e. The molecule has 0 fully saturated rings. The molecule has 2 aromatic carbocycles. The van der Waals surface area contributed by atoms with E-state index < -0.39 is 5.97 Å². The number of nitrogens with zero attached hydrogens (tertiary/aromatic N) is 2. The molecule has 7 nitrogen and oxygen atoms in total. The van der Waals surface area contributed by atoms with Crippen molar-refractivity contribution < 1.29 is 14.3 Å². The topological polar surface area (TPSA) is 97.0 Å². The Labute approximate surface area is 160 Å². The third-order valence-electron chi connectivity index (χ3n) is 4.22. The van der Waals surface area contributed by atoms with Crippen LogP contribution in [0.3, 0.4) is 0 Å². The number of nitrogens with one attached hydrogen (secondary N) is 2. The van der Waals surface area contributed by atoms with Gasteiger partial charge in [-0.05, 0) is 48.5 Å². The van der Waals surface area contributed by atoms with Crippen molar-refractivity contribution in [2.24, 2.45) is 0 Å². The number of amides is 1. The Kier molecular flexibility index (Phi) is 4.55. The Hall–Kier alpha value is -4.00. The van der Waals surface area contributed by atoms with Crippen LogP contribution in [0.15, 0.2) is 66.9 Å². The Morgan fingerprint density at radius 2 is 1.79 bits per heavy atom. The van der Waals surface area contributed by atoms with Crippen LogP contribution in [0.1, 0.15) is 20.8 Å². The van der Waals surface area contributed by atoms with Crippen molar-refractivity contribution in [2.45, 2.75) is 0 Å². The van der Waals surface area contributed by atoms with Crippen LogP contribution in [0.25, 0.3) is 22.4 Å². The van der Waals surface area contributed by atoms with Gasteiger partial charge < -0.3 is 15.0 Å². The molecule has 138 valence electrons. The third kappa shape index (κ3) is 3.45. The number of methoxy groups -OCH3 is 1. The van der Waals surface area contributed by atoms with E-state index in [4.69, 9.17) is 0 Å². The number of esters is 1. The lowest BCUT2D eigenvalue weighted by Crippen LogP contribution is -2.14. The summed E-state index contributed by atoms with van der Waals surface area (Å²) in [5.74, 6) is -0.104. The van der Waals surface area contributed by atoms with Crippen LogP contribution in [0.4, 0.5) is 5.69 Å². The Balaban J connectivity index is 1.48. The van der Waals surface area contributed by atoms with Gasteiger partial charge in [0.1, 0.15) is 11.5 Å². The fourth-order valence-corrected chi connectivity index (χ4v) is 2.76. The highest BCUT2D eigenvalue weighted by Gasteiger charge is 2.11. The van der Waals surface area contributed by atoms with Crippen LogP contribution in [0.5, 0.6) is 0 Å². The summed E-state index contributed by atoms with van der Waals surface area (Å²) in [7, 11) is 1.29. The molecule has 0 radical (unpaired) electrons. The molecule has 0 aliphatic rings. The van der Waals surface area contributed by atoms with Crippen LogP contribution in [0.2, 0.25) is 0 Å². The molecule has 2 heterocycles. The number of carbonyl (C=O) groups excluding carboxylic acids is 2. The molecule has 0 atom stereocenters. The summed E-state index contributed by atoms with van der Waals surface area (Å²) < 4.78 is 4.61. The lowest BCUT2D eigenvalue weighted by atomic mass is 10.2. The summed E-state index contributed by atoms with van der Waals surface area (Å²) >= 11 is 0. The van der Waals surface area contributed by atoms with Crippen LogP contribution in [-0.2, 0) is 4.74 Å². The van der Waals surface area contributed by atoms with Gasteiger partial charge in [0.15, 0.2) is 0 Å². The Morgan fingerprint density at radius 1 is 1.00 bits per heavy atom. The van der Waals surface area contributed by atoms with Crippen molar-refractivity contribution >= 4 is 28.6 Å². The summed E-state index contributed by atoms with van der Waals surface area (Å²) in [5.41, 5.74) is 3.90. The molecule has 28 heavy (non-hydrogen) atoms. The first kappa shape index (κ1) is 17.4. The van der Waals surface area contributed by atoms with Crippen molar-refractivity contribution in [3.63, 3.8) is 0 Å². The van der Waals surface area contributed by atoms with E-state index in [1.54, 1.807) is 12.1 Å². The number of imidazole rings is 1. The van der Waals surface area contributed by atoms with E-state index in [1.807, 2.05) is 36.4 Å². The minimum atomic E-state index is -0.499. The number of H-pyrrole nitrogens is 1. The van der Waals surface area contributed by atoms with E-state index in [1.165, 1.54) is 25.4 Å². The number of benzene rings is 2. The summed E-state index contributed by atoms with van der Waals surface area (Å²) in [6, 6.07) is 18.1. The highest BCUT2D eigenvalue weighted by atomic mass is 16.5. The number of hydrogen-bond acceptors (Lipinski definition) is 5. The maximum atomic E-state index is 12.3. The number of hydrogen-bond donors (Lipinski definition) is 2. The Bertz CT molecular complexity index is 1120. The van der Waals surface area contributed by atoms with Gasteiger partial charge in [-0.25, -0.2) is 9.78 Å². The summed E-state index contributed by atoms with van der Waals surface area (Å²) in [6.07, 6.45) is 1.31. The van der Waals surface area contributed by atoms with E-state index in [0.717, 1.165) is 22.4 Å². The fourth-order valence-electron chi connectivity index (χ4n) is 2.76. The molecule has 7 heteroatoms. The largest absolute Gasteiger partial charge is 0.465 e. The number of pyridine rings is 1. The lowest BCUT2D eigenvalue weighted by Gasteiger charge is -2.06. The third-order valence-corrected chi connectivity index (χ3v) is 4.22. The highest BCUT2D eigenvalue weighted by Crippen LogP contribution is 2.22. The van der Waals surface area contributed by atoms with Gasteiger partial charge in [0.25, 0.3) is 5.91 Å². The molecule has 0 bridgehead atoms. The van der Waals surface area contributed by atoms with Gasteiger partial charge in [-0.15, -0.1) is 0 Å². The van der Waals surface area contributed by atoms with Gasteiger partial charge >= 0.3 is 5.97 Å². The van der Waals surface area contributed by atoms with Crippen molar-refractivity contribution in [1.82, 2.24) is 15.0 Å². The van der Waals surface area contributed by atoms with Crippen LogP contribution in [0, 0.1) is 0 Å². The second-order valence-electron chi connectivity index (χ2n) is 6.06. The molecule has 4 rings (SSSR count). The molecule has 2 N–H and O–H groups in total. The van der Waals surface area contributed by atoms with E-state index in [0.29, 0.717) is 5.69 Å². The quantitative estimate of drug-likeness (QED) is 0.533. The van der Waals surface area contributed by atoms with Gasteiger partial charge in [0, 0.05) is 17.4 Å². The predicted octanol–water partition coefficient (Wildman–Crippen LogP) is 3.66. The van der Waals surface area contributed by atoms with Crippen molar-refractivity contribution in [3.05, 3.63) is 78.1 Å². The smallest absolute Gasteiger partial charge is 0.339 e. The fraction of sp³-hybridized carbons (Fsp3) is 0.0476. The summed E-state index contributed by atoms with van der Waals surface area (Å²) in [5, 5.41) is 2.78. The van der Waals surface area contributed by atoms with Crippen molar-refractivity contribution in [1.29, 1.82) is 0 Å². The average Bonchev–Trinajstić information content (AvgIpc) is 3.18. The maximum absolute atomic E-state index is 12.3. The number of carbonyl (C=O) groups is 2. The number of rotatable bonds is 4. The SMILES string of the molecule is COC(=O)c1ccc(C(=O)Nc2ccc(-c3nc4ccccc4[nH]3)cc2)nc1. The standard InChI is InChI=1S/C21H16N4O3/c1-28-21(27)14-8-11-18(22-12-14)20(26)23-15-9-6-13(7-10-15)19-24-16-4-2-3-5-17(16)25-19/h2-12H,1H3,(H,23,26)(H,24,25). The number of anilines is 1.